The standard InChI is InChI=1S/C15H23N3O/c1-10-7-13(9-14(16)8-10)15(19)17-18-11(2)5-4-6-12(18)3/h7-9,11-12H,4-6,16H2,1-3H3,(H,17,19). The molecule has 19 heavy (non-hydrogen) atoms. The predicted octanol–water partition coefficient (Wildman–Crippen LogP) is 2.48. The Morgan fingerprint density at radius 2 is 1.89 bits per heavy atom. The van der Waals surface area contributed by atoms with Crippen LogP contribution in [0, 0.1) is 6.92 Å². The lowest BCUT2D eigenvalue weighted by Crippen LogP contribution is -2.54. The van der Waals surface area contributed by atoms with Crippen LogP contribution in [0.4, 0.5) is 5.69 Å². The van der Waals surface area contributed by atoms with Gasteiger partial charge < -0.3 is 5.73 Å². The van der Waals surface area contributed by atoms with Crippen molar-refractivity contribution in [2.75, 3.05) is 5.73 Å². The summed E-state index contributed by atoms with van der Waals surface area (Å²) in [4.78, 5) is 12.3. The van der Waals surface area contributed by atoms with Gasteiger partial charge in [0.25, 0.3) is 5.91 Å². The second-order valence-electron chi connectivity index (χ2n) is 5.61. The van der Waals surface area contributed by atoms with Gasteiger partial charge in [-0.3, -0.25) is 10.2 Å². The number of piperidine rings is 1. The number of benzene rings is 1. The summed E-state index contributed by atoms with van der Waals surface area (Å²) in [5.74, 6) is -0.0731. The van der Waals surface area contributed by atoms with Crippen molar-refractivity contribution >= 4 is 11.6 Å². The third kappa shape index (κ3) is 3.26. The molecule has 1 aromatic carbocycles. The van der Waals surface area contributed by atoms with Gasteiger partial charge in [-0.1, -0.05) is 6.42 Å². The average molecular weight is 261 g/mol. The Morgan fingerprint density at radius 3 is 2.47 bits per heavy atom. The summed E-state index contributed by atoms with van der Waals surface area (Å²) in [6.45, 7) is 6.25. The number of rotatable bonds is 2. The van der Waals surface area contributed by atoms with Gasteiger partial charge in [-0.25, -0.2) is 5.01 Å². The van der Waals surface area contributed by atoms with E-state index in [0.717, 1.165) is 18.4 Å². The Kier molecular flexibility index (Phi) is 4.10. The number of hydrogen-bond acceptors (Lipinski definition) is 3. The first-order chi connectivity index (χ1) is 8.97. The van der Waals surface area contributed by atoms with Gasteiger partial charge in [0.1, 0.15) is 0 Å². The minimum Gasteiger partial charge on any atom is -0.399 e. The molecule has 2 atom stereocenters. The van der Waals surface area contributed by atoms with Crippen LogP contribution in [-0.2, 0) is 0 Å². The van der Waals surface area contributed by atoms with Crippen molar-refractivity contribution in [3.05, 3.63) is 29.3 Å². The smallest absolute Gasteiger partial charge is 0.265 e. The first kappa shape index (κ1) is 13.9. The van der Waals surface area contributed by atoms with Gasteiger partial charge in [0.15, 0.2) is 0 Å². The van der Waals surface area contributed by atoms with E-state index in [2.05, 4.69) is 24.3 Å². The molecule has 2 rings (SSSR count). The van der Waals surface area contributed by atoms with E-state index in [1.807, 2.05) is 19.1 Å². The molecule has 0 saturated carbocycles. The highest BCUT2D eigenvalue weighted by Crippen LogP contribution is 2.21. The van der Waals surface area contributed by atoms with E-state index >= 15 is 0 Å². The lowest BCUT2D eigenvalue weighted by Gasteiger charge is -2.38. The molecule has 1 fully saturated rings. The van der Waals surface area contributed by atoms with Crippen LogP contribution in [0.15, 0.2) is 18.2 Å². The van der Waals surface area contributed by atoms with Crippen LogP contribution in [-0.4, -0.2) is 23.0 Å². The normalized spacial score (nSPS) is 24.2. The van der Waals surface area contributed by atoms with Gasteiger partial charge in [0.05, 0.1) is 0 Å². The van der Waals surface area contributed by atoms with Crippen molar-refractivity contribution in [1.82, 2.24) is 10.4 Å². The second kappa shape index (κ2) is 5.61. The van der Waals surface area contributed by atoms with E-state index < -0.39 is 0 Å². The summed E-state index contributed by atoms with van der Waals surface area (Å²) in [5, 5.41) is 2.07. The van der Waals surface area contributed by atoms with Crippen LogP contribution in [0.3, 0.4) is 0 Å². The van der Waals surface area contributed by atoms with Crippen LogP contribution >= 0.6 is 0 Å². The van der Waals surface area contributed by atoms with Gasteiger partial charge in [-0.05, 0) is 57.4 Å². The molecule has 4 heteroatoms. The number of nitrogens with two attached hydrogens (primary N) is 1. The third-order valence-electron chi connectivity index (χ3n) is 3.79. The first-order valence-electron chi connectivity index (χ1n) is 6.94. The largest absolute Gasteiger partial charge is 0.399 e. The number of hydrogen-bond donors (Lipinski definition) is 2. The third-order valence-corrected chi connectivity index (χ3v) is 3.79. The molecule has 4 nitrogen and oxygen atoms in total. The van der Waals surface area contributed by atoms with Crippen LogP contribution in [0.2, 0.25) is 0 Å². The highest BCUT2D eigenvalue weighted by molar-refractivity contribution is 5.95. The number of amides is 1. The average Bonchev–Trinajstić information content (AvgIpc) is 2.32. The Morgan fingerprint density at radius 1 is 1.26 bits per heavy atom. The molecule has 0 bridgehead atoms. The maximum Gasteiger partial charge on any atom is 0.265 e. The Labute approximate surface area is 114 Å². The molecule has 0 aromatic heterocycles. The Bertz CT molecular complexity index is 442. The molecular formula is C15H23N3O. The maximum atomic E-state index is 12.3. The Hall–Kier alpha value is -1.55. The van der Waals surface area contributed by atoms with Gasteiger partial charge in [0.2, 0.25) is 0 Å². The molecule has 1 amide bonds. The summed E-state index contributed by atoms with van der Waals surface area (Å²) < 4.78 is 0. The highest BCUT2D eigenvalue weighted by atomic mass is 16.2. The second-order valence-corrected chi connectivity index (χ2v) is 5.61. The fourth-order valence-electron chi connectivity index (χ4n) is 2.77. The molecule has 3 N–H and O–H groups in total. The summed E-state index contributed by atoms with van der Waals surface area (Å²) >= 11 is 0. The summed E-state index contributed by atoms with van der Waals surface area (Å²) in [6, 6.07) is 6.22. The van der Waals surface area contributed by atoms with Crippen LogP contribution in [0.1, 0.15) is 49.0 Å². The van der Waals surface area contributed by atoms with Crippen molar-refractivity contribution < 1.29 is 4.79 Å². The zero-order valence-corrected chi connectivity index (χ0v) is 11.9. The van der Waals surface area contributed by atoms with Gasteiger partial charge in [-0.15, -0.1) is 0 Å². The van der Waals surface area contributed by atoms with E-state index in [1.165, 1.54) is 6.42 Å². The lowest BCUT2D eigenvalue weighted by atomic mass is 10.00. The van der Waals surface area contributed by atoms with Crippen LogP contribution in [0.25, 0.3) is 0 Å². The van der Waals surface area contributed by atoms with Crippen molar-refractivity contribution in [3.63, 3.8) is 0 Å². The number of carbonyl (C=O) groups excluding carboxylic acids is 1. The number of nitrogen functional groups attached to an aromatic ring is 1. The van der Waals surface area contributed by atoms with Gasteiger partial charge in [0, 0.05) is 23.3 Å². The predicted molar refractivity (Wildman–Crippen MR) is 77.7 cm³/mol. The van der Waals surface area contributed by atoms with E-state index in [4.69, 9.17) is 5.73 Å². The summed E-state index contributed by atoms with van der Waals surface area (Å²) in [6.07, 6.45) is 3.48. The fourth-order valence-corrected chi connectivity index (χ4v) is 2.77. The van der Waals surface area contributed by atoms with Crippen molar-refractivity contribution in [3.8, 4) is 0 Å². The lowest BCUT2D eigenvalue weighted by molar-refractivity contribution is 0.0370. The van der Waals surface area contributed by atoms with Gasteiger partial charge in [-0.2, -0.15) is 0 Å². The number of nitrogens with zero attached hydrogens (tertiary/aromatic N) is 1. The summed E-state index contributed by atoms with van der Waals surface area (Å²) in [5.41, 5.74) is 11.1. The molecule has 0 aliphatic carbocycles. The molecule has 1 aromatic rings. The van der Waals surface area contributed by atoms with E-state index in [0.29, 0.717) is 23.3 Å². The number of hydrazine groups is 1. The number of carbonyl (C=O) groups is 1. The summed E-state index contributed by atoms with van der Waals surface area (Å²) in [7, 11) is 0. The van der Waals surface area contributed by atoms with Crippen LogP contribution < -0.4 is 11.2 Å². The van der Waals surface area contributed by atoms with Crippen LogP contribution in [0.5, 0.6) is 0 Å². The molecule has 1 saturated heterocycles. The highest BCUT2D eigenvalue weighted by Gasteiger charge is 2.26. The fraction of sp³-hybridized carbons (Fsp3) is 0.533. The van der Waals surface area contributed by atoms with E-state index in [-0.39, 0.29) is 5.91 Å². The molecule has 0 radical (unpaired) electrons. The zero-order chi connectivity index (χ0) is 14.0. The molecule has 1 heterocycles. The first-order valence-corrected chi connectivity index (χ1v) is 6.94. The molecular weight excluding hydrogens is 238 g/mol. The van der Waals surface area contributed by atoms with E-state index in [1.54, 1.807) is 6.07 Å². The van der Waals surface area contributed by atoms with Crippen molar-refractivity contribution in [2.45, 2.75) is 52.1 Å². The quantitative estimate of drug-likeness (QED) is 0.804. The monoisotopic (exact) mass is 261 g/mol. The Balaban J connectivity index is 2.11. The molecule has 0 spiro atoms. The molecule has 1 aliphatic heterocycles. The minimum atomic E-state index is -0.0731. The van der Waals surface area contributed by atoms with E-state index in [9.17, 15) is 4.79 Å². The van der Waals surface area contributed by atoms with Gasteiger partial charge >= 0.3 is 0 Å². The maximum absolute atomic E-state index is 12.3. The number of nitrogens with one attached hydrogen (secondary N) is 1. The topological polar surface area (TPSA) is 58.4 Å². The number of aryl methyl sites for hydroxylation is 1. The molecule has 104 valence electrons. The molecule has 1 aliphatic rings. The minimum absolute atomic E-state index is 0.0731. The number of anilines is 1. The van der Waals surface area contributed by atoms with Crippen molar-refractivity contribution in [1.29, 1.82) is 0 Å². The molecule has 2 unspecified atom stereocenters. The van der Waals surface area contributed by atoms with Crippen molar-refractivity contribution in [2.24, 2.45) is 0 Å². The SMILES string of the molecule is Cc1cc(N)cc(C(=O)NN2C(C)CCCC2C)c1. The zero-order valence-electron chi connectivity index (χ0n) is 11.9.